The van der Waals surface area contributed by atoms with Crippen molar-refractivity contribution in [3.8, 4) is 0 Å². The number of carboxylic acid groups (broad SMARTS) is 2. The Morgan fingerprint density at radius 2 is 1.25 bits per heavy atom. The second-order valence-corrected chi connectivity index (χ2v) is 8.01. The van der Waals surface area contributed by atoms with Crippen LogP contribution in [0.5, 0.6) is 0 Å². The Balaban J connectivity index is 5.54. The molecule has 0 aromatic heterocycles. The van der Waals surface area contributed by atoms with Gasteiger partial charge in [0.2, 0.25) is 17.7 Å². The molecule has 0 spiro atoms. The van der Waals surface area contributed by atoms with Gasteiger partial charge in [0.25, 0.3) is 0 Å². The standard InChI is InChI=1S/C20H36N4O8/c1-6-9(3)14(21)17(28)24-16(11(5)25)19(30)23-15(10(4)7-2)18(29)22-12(20(31)32)8-13(26)27/h9-12,14-16,25H,6-8,21H2,1-5H3,(H,22,29)(H,23,30)(H,24,28)(H,26,27)(H,31,32). The van der Waals surface area contributed by atoms with Crippen molar-refractivity contribution in [2.45, 2.75) is 84.2 Å². The number of amides is 3. The van der Waals surface area contributed by atoms with Gasteiger partial charge in [-0.25, -0.2) is 4.79 Å². The number of rotatable bonds is 14. The fourth-order valence-electron chi connectivity index (χ4n) is 2.75. The van der Waals surface area contributed by atoms with E-state index in [1.54, 1.807) is 20.8 Å². The van der Waals surface area contributed by atoms with Gasteiger partial charge in [-0.3, -0.25) is 19.2 Å². The minimum atomic E-state index is -1.69. The highest BCUT2D eigenvalue weighted by Gasteiger charge is 2.35. The SMILES string of the molecule is CCC(C)C(N)C(=O)NC(C(=O)NC(C(=O)NC(CC(=O)O)C(=O)O)C(C)CC)C(C)O. The van der Waals surface area contributed by atoms with Crippen LogP contribution in [0.1, 0.15) is 53.9 Å². The highest BCUT2D eigenvalue weighted by molar-refractivity contribution is 5.95. The zero-order chi connectivity index (χ0) is 25.2. The predicted molar refractivity (Wildman–Crippen MR) is 114 cm³/mol. The molecule has 0 radical (unpaired) electrons. The van der Waals surface area contributed by atoms with E-state index in [9.17, 15) is 29.1 Å². The summed E-state index contributed by atoms with van der Waals surface area (Å²) in [6.07, 6.45) is -1.12. The van der Waals surface area contributed by atoms with Crippen molar-refractivity contribution in [3.63, 3.8) is 0 Å². The van der Waals surface area contributed by atoms with E-state index in [0.29, 0.717) is 12.8 Å². The van der Waals surface area contributed by atoms with Crippen molar-refractivity contribution in [2.24, 2.45) is 17.6 Å². The molecule has 0 aliphatic rings. The summed E-state index contributed by atoms with van der Waals surface area (Å²) in [5, 5.41) is 34.9. The van der Waals surface area contributed by atoms with Crippen LogP contribution in [0.15, 0.2) is 0 Å². The number of carboxylic acids is 2. The Kier molecular flexibility index (Phi) is 12.5. The van der Waals surface area contributed by atoms with Crippen molar-refractivity contribution in [2.75, 3.05) is 0 Å². The number of carbonyl (C=O) groups excluding carboxylic acids is 3. The molecule has 0 aromatic carbocycles. The Hall–Kier alpha value is -2.73. The lowest BCUT2D eigenvalue weighted by atomic mass is 9.96. The zero-order valence-corrected chi connectivity index (χ0v) is 19.1. The third kappa shape index (κ3) is 9.18. The van der Waals surface area contributed by atoms with Crippen molar-refractivity contribution in [1.82, 2.24) is 16.0 Å². The molecule has 0 heterocycles. The average Bonchev–Trinajstić information content (AvgIpc) is 2.72. The lowest BCUT2D eigenvalue weighted by Gasteiger charge is -2.29. The lowest BCUT2D eigenvalue weighted by molar-refractivity contribution is -0.147. The number of nitrogens with two attached hydrogens (primary N) is 1. The molecule has 32 heavy (non-hydrogen) atoms. The molecule has 0 rings (SSSR count). The number of aliphatic carboxylic acids is 2. The van der Waals surface area contributed by atoms with E-state index in [2.05, 4.69) is 16.0 Å². The highest BCUT2D eigenvalue weighted by atomic mass is 16.4. The van der Waals surface area contributed by atoms with Crippen molar-refractivity contribution >= 4 is 29.7 Å². The lowest BCUT2D eigenvalue weighted by Crippen LogP contribution is -2.61. The summed E-state index contributed by atoms with van der Waals surface area (Å²) in [4.78, 5) is 60.0. The Morgan fingerprint density at radius 3 is 1.66 bits per heavy atom. The monoisotopic (exact) mass is 460 g/mol. The zero-order valence-electron chi connectivity index (χ0n) is 19.1. The van der Waals surface area contributed by atoms with E-state index in [1.165, 1.54) is 6.92 Å². The van der Waals surface area contributed by atoms with Gasteiger partial charge in [-0.05, 0) is 18.8 Å². The van der Waals surface area contributed by atoms with Gasteiger partial charge in [0, 0.05) is 0 Å². The Bertz CT molecular complexity index is 685. The van der Waals surface area contributed by atoms with Crippen molar-refractivity contribution < 1.29 is 39.3 Å². The molecule has 0 fully saturated rings. The summed E-state index contributed by atoms with van der Waals surface area (Å²) in [6.45, 7) is 8.26. The quantitative estimate of drug-likeness (QED) is 0.166. The summed E-state index contributed by atoms with van der Waals surface area (Å²) in [5.74, 6) is -6.00. The molecule has 184 valence electrons. The van der Waals surface area contributed by atoms with Crippen molar-refractivity contribution in [3.05, 3.63) is 0 Å². The summed E-state index contributed by atoms with van der Waals surface area (Å²) in [6, 6.07) is -5.24. The molecule has 0 saturated heterocycles. The van der Waals surface area contributed by atoms with Gasteiger partial charge in [-0.15, -0.1) is 0 Å². The first-order chi connectivity index (χ1) is 14.8. The smallest absolute Gasteiger partial charge is 0.326 e. The van der Waals surface area contributed by atoms with Crippen LogP contribution in [-0.2, 0) is 24.0 Å². The first-order valence-corrected chi connectivity index (χ1v) is 10.6. The summed E-state index contributed by atoms with van der Waals surface area (Å²) in [5.41, 5.74) is 5.87. The van der Waals surface area contributed by atoms with Crippen LogP contribution >= 0.6 is 0 Å². The van der Waals surface area contributed by atoms with Crippen LogP contribution in [0, 0.1) is 11.8 Å². The van der Waals surface area contributed by atoms with Crippen molar-refractivity contribution in [1.29, 1.82) is 0 Å². The summed E-state index contributed by atoms with van der Waals surface area (Å²) in [7, 11) is 0. The number of aliphatic hydroxyl groups is 1. The molecule has 12 nitrogen and oxygen atoms in total. The van der Waals surface area contributed by atoms with E-state index in [-0.39, 0.29) is 5.92 Å². The van der Waals surface area contributed by atoms with E-state index in [4.69, 9.17) is 15.9 Å². The molecule has 8 N–H and O–H groups in total. The minimum Gasteiger partial charge on any atom is -0.481 e. The first-order valence-electron chi connectivity index (χ1n) is 10.6. The Morgan fingerprint density at radius 1 is 0.781 bits per heavy atom. The molecule has 7 atom stereocenters. The third-order valence-electron chi connectivity index (χ3n) is 5.41. The molecular weight excluding hydrogens is 424 g/mol. The molecule has 0 saturated carbocycles. The Labute approximate surface area is 187 Å². The molecule has 0 aliphatic carbocycles. The van der Waals surface area contributed by atoms with Gasteiger partial charge < -0.3 is 37.0 Å². The van der Waals surface area contributed by atoms with E-state index >= 15 is 0 Å². The molecular formula is C20H36N4O8. The predicted octanol–water partition coefficient (Wildman–Crippen LogP) is -1.20. The topological polar surface area (TPSA) is 208 Å². The van der Waals surface area contributed by atoms with Gasteiger partial charge in [0.1, 0.15) is 18.1 Å². The second kappa shape index (κ2) is 13.6. The third-order valence-corrected chi connectivity index (χ3v) is 5.41. The van der Waals surface area contributed by atoms with Gasteiger partial charge >= 0.3 is 11.9 Å². The maximum absolute atomic E-state index is 12.8. The maximum atomic E-state index is 12.8. The number of hydrogen-bond donors (Lipinski definition) is 7. The van der Waals surface area contributed by atoms with E-state index in [1.807, 2.05) is 6.92 Å². The molecule has 7 unspecified atom stereocenters. The molecule has 0 bridgehead atoms. The van der Waals surface area contributed by atoms with Gasteiger partial charge in [-0.1, -0.05) is 40.5 Å². The largest absolute Gasteiger partial charge is 0.481 e. The normalized spacial score (nSPS) is 17.6. The van der Waals surface area contributed by atoms with Crippen LogP contribution in [0.4, 0.5) is 0 Å². The molecule has 0 aliphatic heterocycles. The first kappa shape index (κ1) is 29.3. The maximum Gasteiger partial charge on any atom is 0.326 e. The summed E-state index contributed by atoms with van der Waals surface area (Å²) < 4.78 is 0. The van der Waals surface area contributed by atoms with E-state index in [0.717, 1.165) is 0 Å². The fraction of sp³-hybridized carbons (Fsp3) is 0.750. The molecule has 12 heteroatoms. The summed E-state index contributed by atoms with van der Waals surface area (Å²) >= 11 is 0. The van der Waals surface area contributed by atoms with Gasteiger partial charge in [0.15, 0.2) is 0 Å². The molecule has 3 amide bonds. The van der Waals surface area contributed by atoms with Crippen LogP contribution in [0.2, 0.25) is 0 Å². The average molecular weight is 461 g/mol. The van der Waals surface area contributed by atoms with E-state index < -0.39 is 72.3 Å². The van der Waals surface area contributed by atoms with Crippen LogP contribution in [0.3, 0.4) is 0 Å². The fourth-order valence-corrected chi connectivity index (χ4v) is 2.75. The number of aliphatic hydroxyl groups excluding tert-OH is 1. The van der Waals surface area contributed by atoms with Crippen LogP contribution in [-0.4, -0.2) is 75.3 Å². The van der Waals surface area contributed by atoms with Crippen LogP contribution in [0.25, 0.3) is 0 Å². The number of carbonyl (C=O) groups is 5. The van der Waals surface area contributed by atoms with Crippen LogP contribution < -0.4 is 21.7 Å². The van der Waals surface area contributed by atoms with Gasteiger partial charge in [-0.2, -0.15) is 0 Å². The molecule has 0 aromatic rings. The highest BCUT2D eigenvalue weighted by Crippen LogP contribution is 2.11. The number of nitrogens with one attached hydrogen (secondary N) is 3. The van der Waals surface area contributed by atoms with Gasteiger partial charge in [0.05, 0.1) is 18.6 Å². The number of hydrogen-bond acceptors (Lipinski definition) is 7. The minimum absolute atomic E-state index is 0.173. The second-order valence-electron chi connectivity index (χ2n) is 8.01.